The van der Waals surface area contributed by atoms with E-state index in [2.05, 4.69) is 38.1 Å². The maximum absolute atomic E-state index is 13.5. The zero-order valence-electron chi connectivity index (χ0n) is 23.9. The number of carbonyl (C=O) groups excluding carboxylic acids is 3. The molecule has 0 aromatic heterocycles. The maximum Gasteiger partial charge on any atom is 0.162 e. The Hall–Kier alpha value is -2.55. The second-order valence-electron chi connectivity index (χ2n) is 12.0. The fourth-order valence-corrected chi connectivity index (χ4v) is 7.07. The summed E-state index contributed by atoms with van der Waals surface area (Å²) in [5.74, 6) is 3.21. The van der Waals surface area contributed by atoms with E-state index in [-0.39, 0.29) is 23.4 Å². The van der Waals surface area contributed by atoms with E-state index in [1.807, 2.05) is 38.1 Å². The van der Waals surface area contributed by atoms with Gasteiger partial charge in [0.2, 0.25) is 0 Å². The van der Waals surface area contributed by atoms with Crippen molar-refractivity contribution in [3.8, 4) is 0 Å². The molecule has 0 heterocycles. The molecule has 0 amide bonds. The minimum absolute atomic E-state index is 0.136. The highest BCUT2D eigenvalue weighted by atomic mass is 16.1. The summed E-state index contributed by atoms with van der Waals surface area (Å²) in [5, 5.41) is 0. The minimum atomic E-state index is 0.136. The molecule has 0 spiro atoms. The van der Waals surface area contributed by atoms with Crippen molar-refractivity contribution in [1.82, 2.24) is 0 Å². The van der Waals surface area contributed by atoms with E-state index in [4.69, 9.17) is 0 Å². The summed E-state index contributed by atoms with van der Waals surface area (Å²) >= 11 is 0. The average molecular weight is 515 g/mol. The number of hydrogen-bond acceptors (Lipinski definition) is 3. The van der Waals surface area contributed by atoms with Gasteiger partial charge in [0.25, 0.3) is 0 Å². The highest BCUT2D eigenvalue weighted by molar-refractivity contribution is 5.96. The SMILES string of the molecule is CCC(=O)c1ccc(C2CCC(C(C)C(=O)C(C)C3CCC(c4ccc(C(=O)CC)cc4)CC3)CC2)cc1. The van der Waals surface area contributed by atoms with Gasteiger partial charge in [-0.3, -0.25) is 14.4 Å². The Morgan fingerprint density at radius 3 is 1.18 bits per heavy atom. The van der Waals surface area contributed by atoms with Crippen LogP contribution in [-0.4, -0.2) is 17.3 Å². The summed E-state index contributed by atoms with van der Waals surface area (Å²) < 4.78 is 0. The third-order valence-electron chi connectivity index (χ3n) is 9.91. The van der Waals surface area contributed by atoms with Crippen molar-refractivity contribution in [3.05, 3.63) is 70.8 Å². The van der Waals surface area contributed by atoms with Crippen LogP contribution in [0.2, 0.25) is 0 Å². The molecule has 2 unspecified atom stereocenters. The number of Topliss-reactive ketones (excluding diaryl/α,β-unsaturated/α-hetero) is 3. The average Bonchev–Trinajstić information content (AvgIpc) is 2.99. The van der Waals surface area contributed by atoms with Crippen molar-refractivity contribution in [3.63, 3.8) is 0 Å². The van der Waals surface area contributed by atoms with Gasteiger partial charge in [0, 0.05) is 35.8 Å². The zero-order valence-corrected chi connectivity index (χ0v) is 23.9. The second-order valence-corrected chi connectivity index (χ2v) is 12.0. The third kappa shape index (κ3) is 6.53. The smallest absolute Gasteiger partial charge is 0.162 e. The molecule has 0 radical (unpaired) electrons. The lowest BCUT2D eigenvalue weighted by atomic mass is 9.68. The van der Waals surface area contributed by atoms with Crippen molar-refractivity contribution >= 4 is 17.3 Å². The molecule has 0 N–H and O–H groups in total. The van der Waals surface area contributed by atoms with Crippen LogP contribution < -0.4 is 0 Å². The Morgan fingerprint density at radius 1 is 0.579 bits per heavy atom. The number of ketones is 3. The second kappa shape index (κ2) is 13.0. The van der Waals surface area contributed by atoms with Gasteiger partial charge in [-0.05, 0) is 86.2 Å². The quantitative estimate of drug-likeness (QED) is 0.297. The normalized spacial score (nSPS) is 25.4. The molecule has 2 saturated carbocycles. The molecule has 38 heavy (non-hydrogen) atoms. The summed E-state index contributed by atoms with van der Waals surface area (Å²) in [6, 6.07) is 16.5. The number of carbonyl (C=O) groups is 3. The summed E-state index contributed by atoms with van der Waals surface area (Å²) in [4.78, 5) is 37.4. The van der Waals surface area contributed by atoms with Gasteiger partial charge in [0.05, 0.1) is 0 Å². The predicted octanol–water partition coefficient (Wildman–Crippen LogP) is 8.96. The molecule has 204 valence electrons. The van der Waals surface area contributed by atoms with Gasteiger partial charge in [-0.1, -0.05) is 76.2 Å². The van der Waals surface area contributed by atoms with Crippen molar-refractivity contribution in [2.24, 2.45) is 23.7 Å². The van der Waals surface area contributed by atoms with E-state index in [1.165, 1.54) is 11.1 Å². The topological polar surface area (TPSA) is 51.2 Å². The van der Waals surface area contributed by atoms with Gasteiger partial charge in [0.1, 0.15) is 5.78 Å². The fourth-order valence-electron chi connectivity index (χ4n) is 7.07. The van der Waals surface area contributed by atoms with Crippen molar-refractivity contribution in [2.75, 3.05) is 0 Å². The van der Waals surface area contributed by atoms with Crippen LogP contribution in [0.3, 0.4) is 0 Å². The minimum Gasteiger partial charge on any atom is -0.299 e. The number of hydrogen-bond donors (Lipinski definition) is 0. The van der Waals surface area contributed by atoms with Crippen LogP contribution in [-0.2, 0) is 4.79 Å². The fraction of sp³-hybridized carbons (Fsp3) is 0.571. The van der Waals surface area contributed by atoms with E-state index in [0.717, 1.165) is 62.5 Å². The zero-order chi connectivity index (χ0) is 27.2. The van der Waals surface area contributed by atoms with Gasteiger partial charge in [-0.25, -0.2) is 0 Å². The Bertz CT molecular complexity index is 994. The molecule has 2 atom stereocenters. The summed E-state index contributed by atoms with van der Waals surface area (Å²) in [6.45, 7) is 8.17. The first-order chi connectivity index (χ1) is 18.3. The maximum atomic E-state index is 13.5. The van der Waals surface area contributed by atoms with Gasteiger partial charge in [0.15, 0.2) is 11.6 Å². The Morgan fingerprint density at radius 2 is 0.895 bits per heavy atom. The molecule has 3 nitrogen and oxygen atoms in total. The first-order valence-corrected chi connectivity index (χ1v) is 15.1. The molecule has 2 aliphatic rings. The molecule has 0 bridgehead atoms. The van der Waals surface area contributed by atoms with Crippen LogP contribution in [0, 0.1) is 23.7 Å². The number of benzene rings is 2. The number of rotatable bonds is 10. The Labute approximate surface area is 229 Å². The molecule has 0 aliphatic heterocycles. The molecule has 0 saturated heterocycles. The van der Waals surface area contributed by atoms with Crippen molar-refractivity contribution in [1.29, 1.82) is 0 Å². The van der Waals surface area contributed by atoms with Crippen LogP contribution in [0.5, 0.6) is 0 Å². The van der Waals surface area contributed by atoms with Crippen LogP contribution in [0.15, 0.2) is 48.5 Å². The standard InChI is InChI=1S/C35H46O3/c1-5-33(36)31-19-15-29(16-20-31)27-11-7-25(8-12-27)23(3)35(38)24(4)26-9-13-28(14-10-26)30-17-21-32(22-18-30)34(37)6-2/h15-28H,5-14H2,1-4H3. The van der Waals surface area contributed by atoms with Gasteiger partial charge in [-0.15, -0.1) is 0 Å². The molecule has 2 aromatic carbocycles. The first-order valence-electron chi connectivity index (χ1n) is 15.1. The van der Waals surface area contributed by atoms with Crippen molar-refractivity contribution < 1.29 is 14.4 Å². The molecule has 3 heteroatoms. The highest BCUT2D eigenvalue weighted by Gasteiger charge is 2.35. The lowest BCUT2D eigenvalue weighted by molar-refractivity contribution is -0.130. The summed E-state index contributed by atoms with van der Waals surface area (Å²) in [7, 11) is 0. The molecular weight excluding hydrogens is 468 g/mol. The third-order valence-corrected chi connectivity index (χ3v) is 9.91. The van der Waals surface area contributed by atoms with Gasteiger partial charge in [-0.2, -0.15) is 0 Å². The van der Waals surface area contributed by atoms with Crippen molar-refractivity contribution in [2.45, 2.75) is 104 Å². The Kier molecular flexibility index (Phi) is 9.74. The molecular formula is C35H46O3. The molecule has 2 fully saturated rings. The largest absolute Gasteiger partial charge is 0.299 e. The van der Waals surface area contributed by atoms with Crippen LogP contribution >= 0.6 is 0 Å². The van der Waals surface area contributed by atoms with E-state index in [0.29, 0.717) is 42.3 Å². The predicted molar refractivity (Wildman–Crippen MR) is 155 cm³/mol. The summed E-state index contributed by atoms with van der Waals surface area (Å²) in [5.41, 5.74) is 4.31. The van der Waals surface area contributed by atoms with Gasteiger partial charge < -0.3 is 0 Å². The van der Waals surface area contributed by atoms with E-state index in [9.17, 15) is 14.4 Å². The van der Waals surface area contributed by atoms with Crippen LogP contribution in [0.4, 0.5) is 0 Å². The Balaban J connectivity index is 1.25. The first kappa shape index (κ1) is 28.5. The summed E-state index contributed by atoms with van der Waals surface area (Å²) in [6.07, 6.45) is 10.1. The molecule has 4 rings (SSSR count). The lowest BCUT2D eigenvalue weighted by Crippen LogP contribution is -2.33. The monoisotopic (exact) mass is 514 g/mol. The van der Waals surface area contributed by atoms with Crippen LogP contribution in [0.1, 0.15) is 136 Å². The van der Waals surface area contributed by atoms with Crippen LogP contribution in [0.25, 0.3) is 0 Å². The molecule has 2 aromatic rings. The molecule has 2 aliphatic carbocycles. The van der Waals surface area contributed by atoms with E-state index >= 15 is 0 Å². The highest BCUT2D eigenvalue weighted by Crippen LogP contribution is 2.43. The lowest BCUT2D eigenvalue weighted by Gasteiger charge is -2.36. The van der Waals surface area contributed by atoms with E-state index < -0.39 is 0 Å². The van der Waals surface area contributed by atoms with E-state index in [1.54, 1.807) is 0 Å². The van der Waals surface area contributed by atoms with Gasteiger partial charge >= 0.3 is 0 Å².